The Morgan fingerprint density at radius 3 is 1.94 bits per heavy atom. The van der Waals surface area contributed by atoms with Crippen LogP contribution >= 0.6 is 0 Å². The van der Waals surface area contributed by atoms with Gasteiger partial charge in [0.25, 0.3) is 6.48 Å². The molecule has 0 saturated carbocycles. The van der Waals surface area contributed by atoms with Crippen LogP contribution in [0.1, 0.15) is 5.56 Å². The number of aliphatic hydroxyl groups excluding tert-OH is 1. The predicted octanol–water partition coefficient (Wildman–Crippen LogP) is 0.723. The van der Waals surface area contributed by atoms with Gasteiger partial charge in [-0.1, -0.05) is 35.9 Å². The summed E-state index contributed by atoms with van der Waals surface area (Å²) in [5.41, 5.74) is 1.32. The topological polar surface area (TPSA) is 93.1 Å². The van der Waals surface area contributed by atoms with Gasteiger partial charge >= 0.3 is 10.4 Å². The molecule has 0 amide bonds. The number of aliphatic hydroxyl groups is 1. The van der Waals surface area contributed by atoms with Crippen LogP contribution < -0.4 is 0 Å². The highest BCUT2D eigenvalue weighted by molar-refractivity contribution is 7.80. The van der Waals surface area contributed by atoms with E-state index in [0.29, 0.717) is 0 Å². The smallest absolute Gasteiger partial charge is 0.345 e. The van der Waals surface area contributed by atoms with Crippen LogP contribution in [0.2, 0.25) is 0 Å². The van der Waals surface area contributed by atoms with Gasteiger partial charge in [-0.15, -0.1) is 0 Å². The van der Waals surface area contributed by atoms with Crippen LogP contribution in [0, 0.1) is 6.92 Å². The Balaban J connectivity index is 0.000000288. The Bertz CT molecular complexity index is 374. The molecule has 92 valence electrons. The van der Waals surface area contributed by atoms with E-state index in [9.17, 15) is 8.42 Å². The molecule has 0 saturated heterocycles. The largest absolute Gasteiger partial charge is 0.401 e. The van der Waals surface area contributed by atoms with Gasteiger partial charge in [0, 0.05) is 7.11 Å². The van der Waals surface area contributed by atoms with Gasteiger partial charge in [0.2, 0.25) is 0 Å². The Kier molecular flexibility index (Phi) is 6.86. The molecule has 1 aromatic carbocycles. The summed E-state index contributed by atoms with van der Waals surface area (Å²) >= 11 is 0. The van der Waals surface area contributed by atoms with Gasteiger partial charge in [0.05, 0.1) is 0 Å². The molecule has 0 spiro atoms. The van der Waals surface area contributed by atoms with Crippen LogP contribution in [0.15, 0.2) is 30.3 Å². The first-order valence-corrected chi connectivity index (χ1v) is 5.60. The minimum absolute atomic E-state index is 1.01. The van der Waals surface area contributed by atoms with Crippen molar-refractivity contribution < 1.29 is 27.0 Å². The fraction of sp³-hybridized carbons (Fsp3) is 0.333. The maximum absolute atomic E-state index is 9.69. The van der Waals surface area contributed by atoms with Gasteiger partial charge in [0.15, 0.2) is 0 Å². The summed E-state index contributed by atoms with van der Waals surface area (Å²) in [5, 5.41) is 8.21. The summed E-state index contributed by atoms with van der Waals surface area (Å²) in [6.07, 6.45) is 0. The number of rotatable bonds is 3. The lowest BCUT2D eigenvalue weighted by atomic mass is 10.2. The van der Waals surface area contributed by atoms with Crippen LogP contribution in [0.25, 0.3) is 0 Å². The van der Waals surface area contributed by atoms with Crippen molar-refractivity contribution in [1.82, 2.24) is 0 Å². The third kappa shape index (κ3) is 9.56. The van der Waals surface area contributed by atoms with E-state index in [0.717, 1.165) is 7.11 Å². The van der Waals surface area contributed by atoms with Crippen LogP contribution in [-0.4, -0.2) is 31.7 Å². The third-order valence-corrected chi connectivity index (χ3v) is 1.75. The molecule has 7 heteroatoms. The van der Waals surface area contributed by atoms with E-state index in [1.54, 1.807) is 0 Å². The molecule has 0 bridgehead atoms. The summed E-state index contributed by atoms with van der Waals surface area (Å²) in [6, 6.07) is 10.3. The van der Waals surface area contributed by atoms with Gasteiger partial charge in [0.1, 0.15) is 0 Å². The fourth-order valence-electron chi connectivity index (χ4n) is 0.678. The van der Waals surface area contributed by atoms with Crippen molar-refractivity contribution in [3.8, 4) is 0 Å². The Morgan fingerprint density at radius 1 is 1.25 bits per heavy atom. The molecule has 6 nitrogen and oxygen atoms in total. The predicted molar refractivity (Wildman–Crippen MR) is 56.8 cm³/mol. The van der Waals surface area contributed by atoms with E-state index in [4.69, 9.17) is 9.66 Å². The highest BCUT2D eigenvalue weighted by Gasteiger charge is 2.11. The molecule has 0 heterocycles. The van der Waals surface area contributed by atoms with Crippen LogP contribution in [0.4, 0.5) is 0 Å². The normalized spacial score (nSPS) is 12.5. The van der Waals surface area contributed by atoms with Crippen LogP contribution in [-0.2, 0) is 19.3 Å². The van der Waals surface area contributed by atoms with Gasteiger partial charge in [-0.2, -0.15) is 12.6 Å². The SMILES string of the molecule is COC(O)OS(=O)(=O)O.Cc1ccccc1. The van der Waals surface area contributed by atoms with Crippen molar-refractivity contribution in [3.05, 3.63) is 35.9 Å². The second kappa shape index (κ2) is 7.31. The summed E-state index contributed by atoms with van der Waals surface area (Å²) in [6.45, 7) is 0.139. The molecule has 0 aliphatic carbocycles. The average molecular weight is 250 g/mol. The van der Waals surface area contributed by atoms with E-state index in [1.807, 2.05) is 18.2 Å². The monoisotopic (exact) mass is 250 g/mol. The minimum Gasteiger partial charge on any atom is -0.345 e. The molecule has 1 aromatic rings. The van der Waals surface area contributed by atoms with Crippen molar-refractivity contribution in [2.45, 2.75) is 13.4 Å². The maximum Gasteiger partial charge on any atom is 0.401 e. The average Bonchev–Trinajstić information content (AvgIpc) is 2.17. The molecule has 2 N–H and O–H groups in total. The van der Waals surface area contributed by atoms with Gasteiger partial charge in [-0.05, 0) is 6.92 Å². The molecule has 0 fully saturated rings. The van der Waals surface area contributed by atoms with E-state index in [-0.39, 0.29) is 0 Å². The quantitative estimate of drug-likeness (QED) is 0.606. The summed E-state index contributed by atoms with van der Waals surface area (Å²) in [5.74, 6) is 0. The summed E-state index contributed by atoms with van der Waals surface area (Å²) < 4.78 is 34.6. The van der Waals surface area contributed by atoms with Crippen LogP contribution in [0.3, 0.4) is 0 Å². The van der Waals surface area contributed by atoms with E-state index < -0.39 is 16.9 Å². The number of ether oxygens (including phenoxy) is 1. The molecule has 1 rings (SSSR count). The van der Waals surface area contributed by atoms with Crippen molar-refractivity contribution in [2.24, 2.45) is 0 Å². The van der Waals surface area contributed by atoms with Crippen molar-refractivity contribution in [1.29, 1.82) is 0 Å². The lowest BCUT2D eigenvalue weighted by molar-refractivity contribution is -0.200. The number of hydrogen-bond donors (Lipinski definition) is 2. The van der Waals surface area contributed by atoms with Gasteiger partial charge in [-0.25, -0.2) is 0 Å². The van der Waals surface area contributed by atoms with E-state index in [1.165, 1.54) is 5.56 Å². The van der Waals surface area contributed by atoms with E-state index >= 15 is 0 Å². The molecule has 0 aliphatic rings. The fourth-order valence-corrected chi connectivity index (χ4v) is 0.964. The zero-order valence-electron chi connectivity index (χ0n) is 8.90. The standard InChI is InChI=1S/C7H8.C2H6O6S/c1-7-5-3-2-4-6-7;1-7-2(3)8-9(4,5)6/h2-6H,1H3;2-3H,1H3,(H,4,5,6). The maximum atomic E-state index is 9.69. The number of hydrogen-bond acceptors (Lipinski definition) is 5. The minimum atomic E-state index is -4.61. The van der Waals surface area contributed by atoms with Crippen molar-refractivity contribution >= 4 is 10.4 Å². The highest BCUT2D eigenvalue weighted by Crippen LogP contribution is 1.92. The lowest BCUT2D eigenvalue weighted by Crippen LogP contribution is -2.18. The summed E-state index contributed by atoms with van der Waals surface area (Å²) in [7, 11) is -3.60. The van der Waals surface area contributed by atoms with Gasteiger partial charge < -0.3 is 9.84 Å². The zero-order chi connectivity index (χ0) is 12.6. The first kappa shape index (κ1) is 15.0. The summed E-state index contributed by atoms with van der Waals surface area (Å²) in [4.78, 5) is 0. The van der Waals surface area contributed by atoms with E-state index in [2.05, 4.69) is 28.0 Å². The number of methoxy groups -OCH3 is 1. The molecule has 0 aromatic heterocycles. The molecule has 0 aliphatic heterocycles. The Morgan fingerprint density at radius 2 is 1.75 bits per heavy atom. The molecule has 1 unspecified atom stereocenters. The molecular weight excluding hydrogens is 236 g/mol. The first-order valence-electron chi connectivity index (χ1n) is 4.23. The second-order valence-electron chi connectivity index (χ2n) is 2.72. The third-order valence-electron chi connectivity index (χ3n) is 1.35. The van der Waals surface area contributed by atoms with Crippen molar-refractivity contribution in [3.63, 3.8) is 0 Å². The first-order chi connectivity index (χ1) is 7.35. The molecule has 0 radical (unpaired) electrons. The number of aryl methyl sites for hydroxylation is 1. The Hall–Kier alpha value is -0.990. The van der Waals surface area contributed by atoms with Crippen molar-refractivity contribution in [2.75, 3.05) is 7.11 Å². The molecule has 1 atom stereocenters. The number of benzene rings is 1. The zero-order valence-corrected chi connectivity index (χ0v) is 9.72. The highest BCUT2D eigenvalue weighted by atomic mass is 32.3. The second-order valence-corrected chi connectivity index (χ2v) is 3.77. The Labute approximate surface area is 94.4 Å². The molecule has 16 heavy (non-hydrogen) atoms. The van der Waals surface area contributed by atoms with Crippen LogP contribution in [0.5, 0.6) is 0 Å². The molecular formula is C9H14O6S. The lowest BCUT2D eigenvalue weighted by Gasteiger charge is -2.03. The van der Waals surface area contributed by atoms with Gasteiger partial charge in [-0.3, -0.25) is 4.55 Å².